The predicted molar refractivity (Wildman–Crippen MR) is 120 cm³/mol. The first kappa shape index (κ1) is 20.6. The van der Waals surface area contributed by atoms with Crippen molar-refractivity contribution in [3.05, 3.63) is 75.6 Å². The summed E-state index contributed by atoms with van der Waals surface area (Å²) in [5.41, 5.74) is 1.16. The molecule has 2 aromatic heterocycles. The van der Waals surface area contributed by atoms with Gasteiger partial charge >= 0.3 is 0 Å². The monoisotopic (exact) mass is 440 g/mol. The zero-order valence-electron chi connectivity index (χ0n) is 16.7. The van der Waals surface area contributed by atoms with Crippen molar-refractivity contribution in [2.24, 2.45) is 0 Å². The third kappa shape index (κ3) is 4.27. The summed E-state index contributed by atoms with van der Waals surface area (Å²) in [6.45, 7) is 4.09. The molecule has 0 N–H and O–H groups in total. The minimum Gasteiger partial charge on any atom is -0.338 e. The Morgan fingerprint density at radius 3 is 2.80 bits per heavy atom. The van der Waals surface area contributed by atoms with Gasteiger partial charge in [-0.1, -0.05) is 60.1 Å². The van der Waals surface area contributed by atoms with Gasteiger partial charge in [0.1, 0.15) is 0 Å². The lowest BCUT2D eigenvalue weighted by Crippen LogP contribution is -2.22. The summed E-state index contributed by atoms with van der Waals surface area (Å²) in [6.07, 6.45) is 2.88. The molecular weight excluding hydrogens is 420 g/mol. The van der Waals surface area contributed by atoms with E-state index < -0.39 is 0 Å². The van der Waals surface area contributed by atoms with Crippen molar-refractivity contribution < 1.29 is 4.52 Å². The molecule has 0 aliphatic rings. The van der Waals surface area contributed by atoms with Crippen LogP contribution in [0, 0.1) is 0 Å². The Hall–Kier alpha value is -2.64. The highest BCUT2D eigenvalue weighted by atomic mass is 35.5. The largest absolute Gasteiger partial charge is 0.338 e. The van der Waals surface area contributed by atoms with Gasteiger partial charge in [-0.3, -0.25) is 9.36 Å². The molecule has 1 atom stereocenters. The molecule has 154 valence electrons. The van der Waals surface area contributed by atoms with E-state index >= 15 is 0 Å². The maximum Gasteiger partial charge on any atom is 0.266 e. The van der Waals surface area contributed by atoms with Crippen LogP contribution in [0.3, 0.4) is 0 Å². The zero-order chi connectivity index (χ0) is 21.1. The number of nitrogens with zero attached hydrogens (tertiary/aromatic N) is 4. The standard InChI is InChI=1S/C22H21ClN4O2S/c1-3-4-12-19-25-20(29-26-19)14(2)30-22-24-18-11-6-5-10-17(18)21(28)27(22)16-9-7-8-15(23)13-16/h5-11,13-14H,3-4,12H2,1-2H3. The van der Waals surface area contributed by atoms with Crippen molar-refractivity contribution in [1.29, 1.82) is 0 Å². The summed E-state index contributed by atoms with van der Waals surface area (Å²) in [6, 6.07) is 14.5. The first-order valence-electron chi connectivity index (χ1n) is 9.83. The molecule has 0 aliphatic carbocycles. The number of halogens is 1. The Morgan fingerprint density at radius 2 is 2.00 bits per heavy atom. The van der Waals surface area contributed by atoms with Gasteiger partial charge < -0.3 is 4.52 Å². The fourth-order valence-corrected chi connectivity index (χ4v) is 4.25. The number of hydrogen-bond donors (Lipinski definition) is 0. The highest BCUT2D eigenvalue weighted by Gasteiger charge is 2.21. The van der Waals surface area contributed by atoms with Crippen molar-refractivity contribution in [3.63, 3.8) is 0 Å². The van der Waals surface area contributed by atoms with Crippen LogP contribution in [0.2, 0.25) is 5.02 Å². The number of benzene rings is 2. The lowest BCUT2D eigenvalue weighted by molar-refractivity contribution is 0.374. The molecule has 4 aromatic rings. The van der Waals surface area contributed by atoms with Gasteiger partial charge in [-0.05, 0) is 43.7 Å². The zero-order valence-corrected chi connectivity index (χ0v) is 18.3. The molecular formula is C22H21ClN4O2S. The molecule has 30 heavy (non-hydrogen) atoms. The average molecular weight is 441 g/mol. The fraction of sp³-hybridized carbons (Fsp3) is 0.273. The van der Waals surface area contributed by atoms with E-state index in [9.17, 15) is 4.79 Å². The van der Waals surface area contributed by atoms with Crippen LogP contribution < -0.4 is 5.56 Å². The second-order valence-corrected chi connectivity index (χ2v) is 8.69. The summed E-state index contributed by atoms with van der Waals surface area (Å²) in [5, 5.41) is 5.54. The first-order chi connectivity index (χ1) is 14.6. The van der Waals surface area contributed by atoms with Gasteiger partial charge in [-0.25, -0.2) is 4.98 Å². The Morgan fingerprint density at radius 1 is 1.17 bits per heavy atom. The molecule has 0 bridgehead atoms. The van der Waals surface area contributed by atoms with Gasteiger partial charge in [0.05, 0.1) is 21.8 Å². The second kappa shape index (κ2) is 9.02. The van der Waals surface area contributed by atoms with Gasteiger partial charge in [-0.15, -0.1) is 0 Å². The molecule has 8 heteroatoms. The van der Waals surface area contributed by atoms with E-state index in [0.717, 1.165) is 19.3 Å². The molecule has 6 nitrogen and oxygen atoms in total. The third-order valence-corrected chi connectivity index (χ3v) is 5.95. The van der Waals surface area contributed by atoms with Crippen molar-refractivity contribution >= 4 is 34.3 Å². The van der Waals surface area contributed by atoms with E-state index in [-0.39, 0.29) is 10.8 Å². The molecule has 2 heterocycles. The summed E-state index contributed by atoms with van der Waals surface area (Å²) < 4.78 is 7.05. The molecule has 0 saturated heterocycles. The average Bonchev–Trinajstić information content (AvgIpc) is 3.22. The first-order valence-corrected chi connectivity index (χ1v) is 11.1. The number of para-hydroxylation sites is 1. The third-order valence-electron chi connectivity index (χ3n) is 4.68. The fourth-order valence-electron chi connectivity index (χ4n) is 3.11. The normalized spacial score (nSPS) is 12.4. The molecule has 2 aromatic carbocycles. The Balaban J connectivity index is 1.76. The lowest BCUT2D eigenvalue weighted by Gasteiger charge is -2.15. The van der Waals surface area contributed by atoms with Gasteiger partial charge in [-0.2, -0.15) is 4.98 Å². The molecule has 0 radical (unpaired) electrons. The van der Waals surface area contributed by atoms with E-state index in [0.29, 0.717) is 38.5 Å². The van der Waals surface area contributed by atoms with Crippen LogP contribution in [0.25, 0.3) is 16.6 Å². The minimum absolute atomic E-state index is 0.147. The maximum absolute atomic E-state index is 13.3. The number of fused-ring (bicyclic) bond motifs is 1. The topological polar surface area (TPSA) is 73.8 Å². The molecule has 0 saturated carbocycles. The summed E-state index contributed by atoms with van der Waals surface area (Å²) in [5.74, 6) is 1.23. The second-order valence-electron chi connectivity index (χ2n) is 6.94. The Kier molecular flexibility index (Phi) is 6.20. The minimum atomic E-state index is -0.175. The van der Waals surface area contributed by atoms with Crippen molar-refractivity contribution in [2.45, 2.75) is 43.5 Å². The van der Waals surface area contributed by atoms with E-state index in [1.54, 1.807) is 22.8 Å². The van der Waals surface area contributed by atoms with Crippen LogP contribution in [0.5, 0.6) is 0 Å². The highest BCUT2D eigenvalue weighted by molar-refractivity contribution is 7.99. The maximum atomic E-state index is 13.3. The number of hydrogen-bond acceptors (Lipinski definition) is 6. The van der Waals surface area contributed by atoms with E-state index in [1.165, 1.54) is 11.8 Å². The molecule has 0 fully saturated rings. The number of unbranched alkanes of at least 4 members (excludes halogenated alkanes) is 1. The van der Waals surface area contributed by atoms with Crippen LogP contribution in [-0.2, 0) is 6.42 Å². The number of aryl methyl sites for hydroxylation is 1. The SMILES string of the molecule is CCCCc1noc(C(C)Sc2nc3ccccc3c(=O)n2-c2cccc(Cl)c2)n1. The highest BCUT2D eigenvalue weighted by Crippen LogP contribution is 2.34. The van der Waals surface area contributed by atoms with Gasteiger partial charge in [0.2, 0.25) is 5.89 Å². The predicted octanol–water partition coefficient (Wildman–Crippen LogP) is 5.62. The molecule has 0 spiro atoms. The smallest absolute Gasteiger partial charge is 0.266 e. The van der Waals surface area contributed by atoms with E-state index in [1.807, 2.05) is 37.3 Å². The number of aromatic nitrogens is 4. The molecule has 4 rings (SSSR count). The van der Waals surface area contributed by atoms with Gasteiger partial charge in [0.25, 0.3) is 5.56 Å². The van der Waals surface area contributed by atoms with Crippen molar-refractivity contribution in [1.82, 2.24) is 19.7 Å². The van der Waals surface area contributed by atoms with Crippen LogP contribution in [-0.4, -0.2) is 19.7 Å². The lowest BCUT2D eigenvalue weighted by atomic mass is 10.2. The van der Waals surface area contributed by atoms with Crippen LogP contribution >= 0.6 is 23.4 Å². The van der Waals surface area contributed by atoms with Crippen molar-refractivity contribution in [2.75, 3.05) is 0 Å². The Bertz CT molecular complexity index is 1240. The van der Waals surface area contributed by atoms with Crippen molar-refractivity contribution in [3.8, 4) is 5.69 Å². The van der Waals surface area contributed by atoms with Crippen LogP contribution in [0.15, 0.2) is 63.0 Å². The van der Waals surface area contributed by atoms with Gasteiger partial charge in [0.15, 0.2) is 11.0 Å². The summed E-state index contributed by atoms with van der Waals surface area (Å²) >= 11 is 7.59. The summed E-state index contributed by atoms with van der Waals surface area (Å²) in [4.78, 5) is 22.6. The summed E-state index contributed by atoms with van der Waals surface area (Å²) in [7, 11) is 0. The van der Waals surface area contributed by atoms with E-state index in [2.05, 4.69) is 17.1 Å². The van der Waals surface area contributed by atoms with Crippen LogP contribution in [0.1, 0.15) is 43.7 Å². The molecule has 0 aliphatic heterocycles. The van der Waals surface area contributed by atoms with Gasteiger partial charge in [0, 0.05) is 11.4 Å². The number of thioether (sulfide) groups is 1. The molecule has 1 unspecified atom stereocenters. The number of rotatable bonds is 7. The van der Waals surface area contributed by atoms with Crippen LogP contribution in [0.4, 0.5) is 0 Å². The Labute approximate surface area is 183 Å². The molecule has 0 amide bonds. The quantitative estimate of drug-likeness (QED) is 0.274. The van der Waals surface area contributed by atoms with E-state index in [4.69, 9.17) is 21.1 Å².